The topological polar surface area (TPSA) is 69.2 Å². The second kappa shape index (κ2) is 13.3. The maximum atomic E-state index is 13.2. The molecule has 8 heteroatoms. The minimum absolute atomic E-state index is 0.00326. The third-order valence-corrected chi connectivity index (χ3v) is 8.51. The number of carbonyl (C=O) groups excluding carboxylic acids is 2. The van der Waals surface area contributed by atoms with Crippen LogP contribution < -0.4 is 9.64 Å². The molecule has 3 heterocycles. The Hall–Kier alpha value is -3.13. The Morgan fingerprint density at radius 2 is 1.64 bits per heavy atom. The summed E-state index contributed by atoms with van der Waals surface area (Å²) in [6.45, 7) is 6.91. The van der Waals surface area contributed by atoms with Gasteiger partial charge >= 0.3 is 0 Å². The second-order valence-corrected chi connectivity index (χ2v) is 11.3. The van der Waals surface area contributed by atoms with Gasteiger partial charge in [-0.3, -0.25) is 9.59 Å². The molecule has 210 valence electrons. The Balaban J connectivity index is 1.06. The predicted octanol–water partition coefficient (Wildman–Crippen LogP) is 3.71. The van der Waals surface area contributed by atoms with Gasteiger partial charge in [0.25, 0.3) is 5.91 Å². The molecule has 3 aliphatic rings. The first kappa shape index (κ1) is 27.4. The van der Waals surface area contributed by atoms with Gasteiger partial charge in [-0.15, -0.1) is 0 Å². The van der Waals surface area contributed by atoms with Gasteiger partial charge in [0, 0.05) is 64.1 Å². The zero-order valence-corrected chi connectivity index (χ0v) is 23.4. The van der Waals surface area contributed by atoms with Crippen molar-refractivity contribution < 1.29 is 14.3 Å². The Labute approximate surface area is 232 Å². The third-order valence-electron chi connectivity index (χ3n) is 8.51. The molecule has 1 saturated carbocycles. The predicted molar refractivity (Wildman–Crippen MR) is 153 cm³/mol. The van der Waals surface area contributed by atoms with Crippen molar-refractivity contribution in [3.8, 4) is 5.75 Å². The summed E-state index contributed by atoms with van der Waals surface area (Å²) < 4.78 is 6.00. The van der Waals surface area contributed by atoms with E-state index in [1.54, 1.807) is 0 Å². The summed E-state index contributed by atoms with van der Waals surface area (Å²) in [5.41, 5.74) is 1.58. The van der Waals surface area contributed by atoms with E-state index in [1.165, 1.54) is 32.1 Å². The van der Waals surface area contributed by atoms with E-state index in [2.05, 4.69) is 21.8 Å². The molecule has 0 atom stereocenters. The van der Waals surface area contributed by atoms with Gasteiger partial charge in [-0.25, -0.2) is 4.98 Å². The van der Waals surface area contributed by atoms with Crippen LogP contribution in [0, 0.1) is 5.92 Å². The van der Waals surface area contributed by atoms with E-state index >= 15 is 0 Å². The summed E-state index contributed by atoms with van der Waals surface area (Å²) in [5.74, 6) is 2.61. The molecule has 0 N–H and O–H groups in total. The Bertz CT molecular complexity index is 1090. The summed E-state index contributed by atoms with van der Waals surface area (Å²) in [5, 5.41) is 0. The van der Waals surface area contributed by atoms with Crippen molar-refractivity contribution >= 4 is 17.6 Å². The Morgan fingerprint density at radius 3 is 2.36 bits per heavy atom. The number of likely N-dealkylation sites (N-methyl/N-ethyl adjacent to an activating group) is 1. The molecule has 3 fully saturated rings. The minimum atomic E-state index is 0.00326. The highest BCUT2D eigenvalue weighted by Crippen LogP contribution is 2.26. The zero-order valence-electron chi connectivity index (χ0n) is 23.4. The van der Waals surface area contributed by atoms with Crippen LogP contribution in [0.1, 0.15) is 54.4 Å². The average Bonchev–Trinajstić information content (AvgIpc) is 2.98. The number of hydrogen-bond donors (Lipinski definition) is 0. The number of amides is 2. The molecule has 5 rings (SSSR count). The van der Waals surface area contributed by atoms with Crippen LogP contribution in [-0.2, 0) is 11.2 Å². The molecule has 39 heavy (non-hydrogen) atoms. The average molecular weight is 534 g/mol. The summed E-state index contributed by atoms with van der Waals surface area (Å²) in [6, 6.07) is 11.6. The van der Waals surface area contributed by atoms with Crippen molar-refractivity contribution in [2.45, 2.75) is 44.9 Å². The summed E-state index contributed by atoms with van der Waals surface area (Å²) in [6.07, 6.45) is 9.94. The lowest BCUT2D eigenvalue weighted by Crippen LogP contribution is -2.51. The van der Waals surface area contributed by atoms with Gasteiger partial charge in [-0.2, -0.15) is 0 Å². The van der Waals surface area contributed by atoms with Crippen molar-refractivity contribution in [3.63, 3.8) is 0 Å². The highest BCUT2D eigenvalue weighted by molar-refractivity contribution is 5.94. The number of hydrogen-bond acceptors (Lipinski definition) is 6. The fraction of sp³-hybridized carbons (Fsp3) is 0.581. The maximum absolute atomic E-state index is 13.2. The first-order valence-corrected chi connectivity index (χ1v) is 14.7. The lowest BCUT2D eigenvalue weighted by molar-refractivity contribution is -0.131. The van der Waals surface area contributed by atoms with E-state index in [4.69, 9.17) is 4.74 Å². The normalized spacial score (nSPS) is 19.3. The molecular weight excluding hydrogens is 490 g/mol. The summed E-state index contributed by atoms with van der Waals surface area (Å²) in [7, 11) is 2.14. The highest BCUT2D eigenvalue weighted by atomic mass is 16.5. The Morgan fingerprint density at radius 1 is 0.897 bits per heavy atom. The minimum Gasteiger partial charge on any atom is -0.494 e. The molecule has 2 saturated heterocycles. The van der Waals surface area contributed by atoms with Crippen LogP contribution in [0.4, 0.5) is 5.82 Å². The van der Waals surface area contributed by atoms with Crippen molar-refractivity contribution in [1.29, 1.82) is 0 Å². The second-order valence-electron chi connectivity index (χ2n) is 11.3. The quantitative estimate of drug-likeness (QED) is 0.515. The smallest absolute Gasteiger partial charge is 0.254 e. The van der Waals surface area contributed by atoms with Gasteiger partial charge in [0.15, 0.2) is 0 Å². The van der Waals surface area contributed by atoms with E-state index in [1.807, 2.05) is 52.4 Å². The van der Waals surface area contributed by atoms with Crippen LogP contribution >= 0.6 is 0 Å². The lowest BCUT2D eigenvalue weighted by Gasteiger charge is -2.35. The molecule has 2 amide bonds. The van der Waals surface area contributed by atoms with Gasteiger partial charge < -0.3 is 24.3 Å². The fourth-order valence-electron chi connectivity index (χ4n) is 5.91. The number of pyridine rings is 1. The van der Waals surface area contributed by atoms with Crippen LogP contribution in [-0.4, -0.2) is 97.5 Å². The van der Waals surface area contributed by atoms with Crippen LogP contribution in [0.5, 0.6) is 5.75 Å². The van der Waals surface area contributed by atoms with Crippen molar-refractivity contribution in [2.75, 3.05) is 70.9 Å². The first-order valence-electron chi connectivity index (χ1n) is 14.7. The number of aromatic nitrogens is 1. The van der Waals surface area contributed by atoms with Crippen LogP contribution in [0.3, 0.4) is 0 Å². The van der Waals surface area contributed by atoms with Crippen LogP contribution in [0.25, 0.3) is 0 Å². The standard InChI is InChI=1S/C31H43N5O3/c1-33-13-15-34(16-14-33)29-11-10-26(24-32-29)22-30(37)35-17-19-36(20-18-35)31(38)27-8-5-9-28(23-27)39-21-12-25-6-3-2-4-7-25/h5,8-11,23-25H,2-4,6-7,12-22H2,1H3. The molecule has 2 aromatic rings. The molecule has 2 aliphatic heterocycles. The third kappa shape index (κ3) is 7.50. The Kier molecular flexibility index (Phi) is 9.35. The van der Waals surface area contributed by atoms with E-state index < -0.39 is 0 Å². The molecule has 1 aromatic heterocycles. The van der Waals surface area contributed by atoms with Crippen LogP contribution in [0.15, 0.2) is 42.6 Å². The SMILES string of the molecule is CN1CCN(c2ccc(CC(=O)N3CCN(C(=O)c4cccc(OCCC5CCCCC5)c4)CC3)cn2)CC1. The van der Waals surface area contributed by atoms with Gasteiger partial charge in [0.1, 0.15) is 11.6 Å². The largest absolute Gasteiger partial charge is 0.494 e. The van der Waals surface area contributed by atoms with Crippen LogP contribution in [0.2, 0.25) is 0 Å². The molecular formula is C31H43N5O3. The highest BCUT2D eigenvalue weighted by Gasteiger charge is 2.25. The number of ether oxygens (including phenoxy) is 1. The number of piperazine rings is 2. The summed E-state index contributed by atoms with van der Waals surface area (Å²) >= 11 is 0. The number of carbonyl (C=O) groups is 2. The lowest BCUT2D eigenvalue weighted by atomic mass is 9.87. The van der Waals surface area contributed by atoms with E-state index in [0.29, 0.717) is 44.8 Å². The van der Waals surface area contributed by atoms with Gasteiger partial charge in [-0.05, 0) is 49.2 Å². The van der Waals surface area contributed by atoms with Gasteiger partial charge in [0.05, 0.1) is 13.0 Å². The molecule has 1 aliphatic carbocycles. The number of nitrogens with zero attached hydrogens (tertiary/aromatic N) is 5. The molecule has 0 unspecified atom stereocenters. The fourth-order valence-corrected chi connectivity index (χ4v) is 5.91. The number of anilines is 1. The maximum Gasteiger partial charge on any atom is 0.254 e. The van der Waals surface area contributed by atoms with Gasteiger partial charge in [0.2, 0.25) is 5.91 Å². The molecule has 0 bridgehead atoms. The molecule has 0 spiro atoms. The molecule has 8 nitrogen and oxygen atoms in total. The van der Waals surface area contributed by atoms with Crippen molar-refractivity contribution in [2.24, 2.45) is 5.92 Å². The van der Waals surface area contributed by atoms with E-state index in [-0.39, 0.29) is 11.8 Å². The molecule has 1 aromatic carbocycles. The first-order chi connectivity index (χ1) is 19.0. The zero-order chi connectivity index (χ0) is 27.0. The van der Waals surface area contributed by atoms with Crippen molar-refractivity contribution in [3.05, 3.63) is 53.7 Å². The molecule has 0 radical (unpaired) electrons. The van der Waals surface area contributed by atoms with E-state index in [9.17, 15) is 9.59 Å². The monoisotopic (exact) mass is 533 g/mol. The van der Waals surface area contributed by atoms with Gasteiger partial charge in [-0.1, -0.05) is 44.2 Å². The number of rotatable bonds is 8. The summed E-state index contributed by atoms with van der Waals surface area (Å²) in [4.78, 5) is 39.1. The van der Waals surface area contributed by atoms with Crippen molar-refractivity contribution in [1.82, 2.24) is 19.7 Å². The number of benzene rings is 1. The van der Waals surface area contributed by atoms with E-state index in [0.717, 1.165) is 55.6 Å².